The Labute approximate surface area is 105 Å². The molecule has 0 saturated heterocycles. The lowest BCUT2D eigenvalue weighted by atomic mass is 10.0. The second kappa shape index (κ2) is 5.98. The summed E-state index contributed by atoms with van der Waals surface area (Å²) in [5, 5.41) is 12.2. The summed E-state index contributed by atoms with van der Waals surface area (Å²) in [6.45, 7) is 3.72. The number of halogens is 2. The van der Waals surface area contributed by atoms with Crippen molar-refractivity contribution in [1.82, 2.24) is 5.32 Å². The second-order valence-electron chi connectivity index (χ2n) is 4.18. The summed E-state index contributed by atoms with van der Waals surface area (Å²) < 4.78 is 13.4. The van der Waals surface area contributed by atoms with Gasteiger partial charge in [0.1, 0.15) is 11.9 Å². The zero-order chi connectivity index (χ0) is 13.0. The third-order valence-corrected chi connectivity index (χ3v) is 2.69. The summed E-state index contributed by atoms with van der Waals surface area (Å²) in [5.41, 5.74) is 0.365. The maximum atomic E-state index is 13.4. The van der Waals surface area contributed by atoms with E-state index in [1.54, 1.807) is 13.8 Å². The van der Waals surface area contributed by atoms with Crippen LogP contribution in [0.1, 0.15) is 19.4 Å². The molecule has 2 N–H and O–H groups in total. The number of benzene rings is 1. The fraction of sp³-hybridized carbons (Fsp3) is 0.417. The van der Waals surface area contributed by atoms with Crippen molar-refractivity contribution in [2.24, 2.45) is 5.92 Å². The Morgan fingerprint density at radius 2 is 2.18 bits per heavy atom. The van der Waals surface area contributed by atoms with Crippen molar-refractivity contribution in [2.45, 2.75) is 26.4 Å². The molecule has 0 fully saturated rings. The van der Waals surface area contributed by atoms with Crippen LogP contribution in [0.3, 0.4) is 0 Å². The van der Waals surface area contributed by atoms with Crippen molar-refractivity contribution in [3.05, 3.63) is 34.6 Å². The largest absolute Gasteiger partial charge is 0.480 e. The molecule has 1 unspecified atom stereocenters. The van der Waals surface area contributed by atoms with Crippen molar-refractivity contribution in [3.63, 3.8) is 0 Å². The zero-order valence-corrected chi connectivity index (χ0v) is 10.5. The zero-order valence-electron chi connectivity index (χ0n) is 9.71. The van der Waals surface area contributed by atoms with Crippen molar-refractivity contribution in [1.29, 1.82) is 0 Å². The quantitative estimate of drug-likeness (QED) is 0.855. The lowest BCUT2D eigenvalue weighted by Gasteiger charge is -2.18. The predicted octanol–water partition coefficient (Wildman–Crippen LogP) is 2.68. The highest BCUT2D eigenvalue weighted by molar-refractivity contribution is 6.30. The van der Waals surface area contributed by atoms with Crippen LogP contribution in [0.5, 0.6) is 0 Å². The van der Waals surface area contributed by atoms with E-state index in [4.69, 9.17) is 16.7 Å². The van der Waals surface area contributed by atoms with E-state index in [2.05, 4.69) is 5.32 Å². The number of carbonyl (C=O) groups is 1. The fourth-order valence-corrected chi connectivity index (χ4v) is 1.70. The highest BCUT2D eigenvalue weighted by Crippen LogP contribution is 2.15. The first-order chi connectivity index (χ1) is 7.91. The van der Waals surface area contributed by atoms with Gasteiger partial charge in [0.15, 0.2) is 0 Å². The summed E-state index contributed by atoms with van der Waals surface area (Å²) in [6.07, 6.45) is 0. The lowest BCUT2D eigenvalue weighted by Crippen LogP contribution is -2.40. The number of aliphatic carboxylic acids is 1. The molecular formula is C12H15ClFNO2. The molecule has 94 valence electrons. The van der Waals surface area contributed by atoms with Crippen molar-refractivity contribution in [3.8, 4) is 0 Å². The summed E-state index contributed by atoms with van der Waals surface area (Å²) in [6, 6.07) is 3.51. The molecule has 17 heavy (non-hydrogen) atoms. The first-order valence-electron chi connectivity index (χ1n) is 5.32. The maximum absolute atomic E-state index is 13.4. The van der Waals surface area contributed by atoms with Crippen LogP contribution in [0, 0.1) is 11.7 Å². The van der Waals surface area contributed by atoms with E-state index >= 15 is 0 Å². The minimum absolute atomic E-state index is 0.0743. The molecule has 0 radical (unpaired) electrons. The van der Waals surface area contributed by atoms with Gasteiger partial charge in [-0.15, -0.1) is 0 Å². The van der Waals surface area contributed by atoms with E-state index in [1.165, 1.54) is 18.2 Å². The van der Waals surface area contributed by atoms with Gasteiger partial charge in [0, 0.05) is 17.1 Å². The SMILES string of the molecule is CC(C)C(NCc1cc(Cl)ccc1F)C(=O)O. The van der Waals surface area contributed by atoms with Gasteiger partial charge < -0.3 is 5.11 Å². The first kappa shape index (κ1) is 13.9. The van der Waals surface area contributed by atoms with Gasteiger partial charge in [0.05, 0.1) is 0 Å². The van der Waals surface area contributed by atoms with Crippen LogP contribution in [0.25, 0.3) is 0 Å². The van der Waals surface area contributed by atoms with Gasteiger partial charge >= 0.3 is 5.97 Å². The van der Waals surface area contributed by atoms with Gasteiger partial charge in [-0.05, 0) is 24.1 Å². The van der Waals surface area contributed by atoms with E-state index in [0.29, 0.717) is 10.6 Å². The maximum Gasteiger partial charge on any atom is 0.320 e. The smallest absolute Gasteiger partial charge is 0.320 e. The van der Waals surface area contributed by atoms with E-state index in [1.807, 2.05) is 0 Å². The molecule has 3 nitrogen and oxygen atoms in total. The van der Waals surface area contributed by atoms with Gasteiger partial charge in [-0.25, -0.2) is 4.39 Å². The topological polar surface area (TPSA) is 49.3 Å². The number of hydrogen-bond donors (Lipinski definition) is 2. The van der Waals surface area contributed by atoms with Gasteiger partial charge in [-0.1, -0.05) is 25.4 Å². The van der Waals surface area contributed by atoms with Gasteiger partial charge in [0.2, 0.25) is 0 Å². The molecule has 0 bridgehead atoms. The molecule has 1 atom stereocenters. The molecule has 5 heteroatoms. The molecule has 0 heterocycles. The molecule has 0 saturated carbocycles. The van der Waals surface area contributed by atoms with Gasteiger partial charge in [0.25, 0.3) is 0 Å². The number of nitrogens with one attached hydrogen (secondary N) is 1. The Hall–Kier alpha value is -1.13. The fourth-order valence-electron chi connectivity index (χ4n) is 1.51. The first-order valence-corrected chi connectivity index (χ1v) is 5.69. The summed E-state index contributed by atoms with van der Waals surface area (Å²) in [4.78, 5) is 10.9. The van der Waals surface area contributed by atoms with Crippen molar-refractivity contribution < 1.29 is 14.3 Å². The molecule has 1 aromatic carbocycles. The molecule has 0 aliphatic carbocycles. The summed E-state index contributed by atoms with van der Waals surface area (Å²) >= 11 is 5.75. The van der Waals surface area contributed by atoms with Crippen LogP contribution in [0.15, 0.2) is 18.2 Å². The van der Waals surface area contributed by atoms with E-state index < -0.39 is 17.8 Å². The monoisotopic (exact) mass is 259 g/mol. The minimum atomic E-state index is -0.942. The minimum Gasteiger partial charge on any atom is -0.480 e. The highest BCUT2D eigenvalue weighted by atomic mass is 35.5. The van der Waals surface area contributed by atoms with Crippen LogP contribution in [-0.2, 0) is 11.3 Å². The highest BCUT2D eigenvalue weighted by Gasteiger charge is 2.20. The Balaban J connectivity index is 2.72. The van der Waals surface area contributed by atoms with E-state index in [0.717, 1.165) is 0 Å². The van der Waals surface area contributed by atoms with E-state index in [9.17, 15) is 9.18 Å². The number of carboxylic acids is 1. The Bertz CT molecular complexity index is 409. The Morgan fingerprint density at radius 3 is 2.71 bits per heavy atom. The van der Waals surface area contributed by atoms with Crippen molar-refractivity contribution in [2.75, 3.05) is 0 Å². The third-order valence-electron chi connectivity index (χ3n) is 2.45. The normalized spacial score (nSPS) is 12.8. The average molecular weight is 260 g/mol. The molecule has 0 spiro atoms. The lowest BCUT2D eigenvalue weighted by molar-refractivity contribution is -0.140. The van der Waals surface area contributed by atoms with Gasteiger partial charge in [-0.3, -0.25) is 10.1 Å². The number of rotatable bonds is 5. The number of hydrogen-bond acceptors (Lipinski definition) is 2. The standard InChI is InChI=1S/C12H15ClFNO2/c1-7(2)11(12(16)17)15-6-8-5-9(13)3-4-10(8)14/h3-5,7,11,15H,6H2,1-2H3,(H,16,17). The number of carboxylic acid groups (broad SMARTS) is 1. The molecular weight excluding hydrogens is 245 g/mol. The van der Waals surface area contributed by atoms with Crippen LogP contribution in [0.2, 0.25) is 5.02 Å². The molecule has 0 aliphatic rings. The average Bonchev–Trinajstić information content (AvgIpc) is 2.22. The molecule has 0 aromatic heterocycles. The van der Waals surface area contributed by atoms with Crippen LogP contribution in [-0.4, -0.2) is 17.1 Å². The Kier molecular flexibility index (Phi) is 4.90. The molecule has 1 rings (SSSR count). The van der Waals surface area contributed by atoms with Crippen LogP contribution < -0.4 is 5.32 Å². The molecule has 0 aliphatic heterocycles. The van der Waals surface area contributed by atoms with Crippen molar-refractivity contribution >= 4 is 17.6 Å². The molecule has 0 amide bonds. The van der Waals surface area contributed by atoms with Crippen LogP contribution >= 0.6 is 11.6 Å². The summed E-state index contributed by atoms with van der Waals surface area (Å²) in [7, 11) is 0. The predicted molar refractivity (Wildman–Crippen MR) is 64.5 cm³/mol. The Morgan fingerprint density at radius 1 is 1.53 bits per heavy atom. The third kappa shape index (κ3) is 3.98. The van der Waals surface area contributed by atoms with Crippen LogP contribution in [0.4, 0.5) is 4.39 Å². The summed E-state index contributed by atoms with van der Waals surface area (Å²) in [5.74, 6) is -1.41. The molecule has 1 aromatic rings. The van der Waals surface area contributed by atoms with E-state index in [-0.39, 0.29) is 12.5 Å². The second-order valence-corrected chi connectivity index (χ2v) is 4.61. The van der Waals surface area contributed by atoms with Gasteiger partial charge in [-0.2, -0.15) is 0 Å².